The van der Waals surface area contributed by atoms with E-state index in [1.165, 1.54) is 0 Å². The van der Waals surface area contributed by atoms with E-state index in [0.29, 0.717) is 22.9 Å². The van der Waals surface area contributed by atoms with E-state index >= 15 is 0 Å². The first-order chi connectivity index (χ1) is 14.1. The molecular formula is C20H20N2O5S2. The lowest BCUT2D eigenvalue weighted by molar-refractivity contribution is -0.0587. The minimum atomic E-state index is -1.01. The molecule has 0 aromatic heterocycles. The van der Waals surface area contributed by atoms with Gasteiger partial charge in [-0.3, -0.25) is 0 Å². The Balaban J connectivity index is 1.60. The standard InChI is InChI=1S/C20H20N2O5S2/c23-19(26-17-5-1-15(2-6-17)21-13-28)9-11-25-12-10-20(24)27-18-7-3-16(4-8-18)22-14-29/h1-8,19-20,23-24H,9-12H2. The zero-order chi connectivity index (χ0) is 20.9. The summed E-state index contributed by atoms with van der Waals surface area (Å²) in [5.74, 6) is 1.01. The normalized spacial score (nSPS) is 12.2. The van der Waals surface area contributed by atoms with Gasteiger partial charge in [0.05, 0.1) is 34.9 Å². The summed E-state index contributed by atoms with van der Waals surface area (Å²) in [4.78, 5) is 7.67. The van der Waals surface area contributed by atoms with Gasteiger partial charge in [0.2, 0.25) is 0 Å². The van der Waals surface area contributed by atoms with Gasteiger partial charge in [0.1, 0.15) is 11.5 Å². The summed E-state index contributed by atoms with van der Waals surface area (Å²) in [6, 6.07) is 13.5. The fourth-order valence-corrected chi connectivity index (χ4v) is 2.42. The first-order valence-corrected chi connectivity index (χ1v) is 9.55. The van der Waals surface area contributed by atoms with Gasteiger partial charge in [-0.15, -0.1) is 0 Å². The number of nitrogens with zero attached hydrogens (tertiary/aromatic N) is 2. The van der Waals surface area contributed by atoms with Crippen LogP contribution in [0.3, 0.4) is 0 Å². The molecule has 0 aliphatic rings. The first-order valence-electron chi connectivity index (χ1n) is 8.74. The molecule has 0 bridgehead atoms. The van der Waals surface area contributed by atoms with Gasteiger partial charge in [0.15, 0.2) is 12.6 Å². The van der Waals surface area contributed by atoms with Crippen LogP contribution in [0.25, 0.3) is 0 Å². The second-order valence-electron chi connectivity index (χ2n) is 5.73. The Bertz CT molecular complexity index is 777. The summed E-state index contributed by atoms with van der Waals surface area (Å²) in [6.45, 7) is 0.539. The highest BCUT2D eigenvalue weighted by Gasteiger charge is 2.08. The lowest BCUT2D eigenvalue weighted by Gasteiger charge is -2.15. The predicted molar refractivity (Wildman–Crippen MR) is 116 cm³/mol. The molecule has 0 aliphatic heterocycles. The molecule has 29 heavy (non-hydrogen) atoms. The second kappa shape index (κ2) is 12.9. The summed E-state index contributed by atoms with van der Waals surface area (Å²) in [6.07, 6.45) is -1.47. The molecule has 2 N–H and O–H groups in total. The molecule has 2 aromatic rings. The van der Waals surface area contributed by atoms with Crippen molar-refractivity contribution in [2.24, 2.45) is 9.98 Å². The minimum absolute atomic E-state index is 0.269. The highest BCUT2D eigenvalue weighted by atomic mass is 32.1. The van der Waals surface area contributed by atoms with Crippen molar-refractivity contribution in [3.05, 3.63) is 48.5 Å². The van der Waals surface area contributed by atoms with E-state index < -0.39 is 12.6 Å². The van der Waals surface area contributed by atoms with Gasteiger partial charge in [-0.1, -0.05) is 0 Å². The number of aliphatic hydroxyl groups excluding tert-OH is 2. The molecule has 0 fully saturated rings. The van der Waals surface area contributed by atoms with Gasteiger partial charge in [-0.25, -0.2) is 0 Å². The maximum atomic E-state index is 9.89. The van der Waals surface area contributed by atoms with Gasteiger partial charge in [-0.2, -0.15) is 9.98 Å². The van der Waals surface area contributed by atoms with E-state index in [9.17, 15) is 10.2 Å². The summed E-state index contributed by atoms with van der Waals surface area (Å²) in [5.41, 5.74) is 1.32. The average Bonchev–Trinajstić information content (AvgIpc) is 2.71. The van der Waals surface area contributed by atoms with Crippen molar-refractivity contribution in [1.82, 2.24) is 0 Å². The van der Waals surface area contributed by atoms with E-state index in [4.69, 9.17) is 14.2 Å². The second-order valence-corrected chi connectivity index (χ2v) is 6.09. The van der Waals surface area contributed by atoms with Crippen LogP contribution in [0.15, 0.2) is 58.5 Å². The number of thiocarbonyl (C=S) groups is 2. The van der Waals surface area contributed by atoms with E-state index in [0.717, 1.165) is 0 Å². The summed E-state index contributed by atoms with van der Waals surface area (Å²) >= 11 is 9.07. The summed E-state index contributed by atoms with van der Waals surface area (Å²) in [5, 5.41) is 24.3. The molecule has 0 spiro atoms. The van der Waals surface area contributed by atoms with Crippen LogP contribution in [-0.4, -0.2) is 46.3 Å². The van der Waals surface area contributed by atoms with Crippen LogP contribution in [0.4, 0.5) is 11.4 Å². The monoisotopic (exact) mass is 432 g/mol. The maximum Gasteiger partial charge on any atom is 0.199 e. The molecule has 0 heterocycles. The third-order valence-corrected chi connectivity index (χ3v) is 3.77. The number of rotatable bonds is 12. The van der Waals surface area contributed by atoms with Crippen molar-refractivity contribution in [2.75, 3.05) is 13.2 Å². The van der Waals surface area contributed by atoms with E-state index in [-0.39, 0.29) is 26.1 Å². The van der Waals surface area contributed by atoms with Gasteiger partial charge in [0, 0.05) is 12.8 Å². The van der Waals surface area contributed by atoms with Gasteiger partial charge in [-0.05, 0) is 73.0 Å². The summed E-state index contributed by atoms with van der Waals surface area (Å²) in [7, 11) is 0. The zero-order valence-corrected chi connectivity index (χ0v) is 17.1. The molecule has 2 rings (SSSR count). The van der Waals surface area contributed by atoms with E-state index in [2.05, 4.69) is 44.7 Å². The smallest absolute Gasteiger partial charge is 0.199 e. The minimum Gasteiger partial charge on any atom is -0.465 e. The van der Waals surface area contributed by atoms with Crippen LogP contribution >= 0.6 is 24.4 Å². The average molecular weight is 433 g/mol. The molecular weight excluding hydrogens is 412 g/mol. The van der Waals surface area contributed by atoms with Crippen LogP contribution < -0.4 is 9.47 Å². The Labute approximate surface area is 179 Å². The number of hydrogen-bond acceptors (Lipinski definition) is 9. The third-order valence-electron chi connectivity index (χ3n) is 3.59. The van der Waals surface area contributed by atoms with Gasteiger partial charge in [0.25, 0.3) is 0 Å². The Morgan fingerprint density at radius 2 is 1.10 bits per heavy atom. The van der Waals surface area contributed by atoms with Gasteiger partial charge >= 0.3 is 0 Å². The Morgan fingerprint density at radius 1 is 0.724 bits per heavy atom. The Kier molecular flexibility index (Phi) is 10.1. The number of ether oxygens (including phenoxy) is 3. The topological polar surface area (TPSA) is 92.9 Å². The quantitative estimate of drug-likeness (QED) is 0.226. The number of aliphatic imine (C=N–C) groups is 2. The molecule has 0 saturated carbocycles. The molecule has 0 amide bonds. The number of isothiocyanates is 2. The Hall–Kier alpha value is -2.48. The van der Waals surface area contributed by atoms with Crippen LogP contribution in [-0.2, 0) is 4.74 Å². The molecule has 7 nitrogen and oxygen atoms in total. The van der Waals surface area contributed by atoms with Crippen LogP contribution in [0.1, 0.15) is 12.8 Å². The van der Waals surface area contributed by atoms with Crippen LogP contribution in [0.2, 0.25) is 0 Å². The fraction of sp³-hybridized carbons (Fsp3) is 0.300. The molecule has 2 aromatic carbocycles. The maximum absolute atomic E-state index is 9.89. The van der Waals surface area contributed by atoms with Crippen molar-refractivity contribution in [1.29, 1.82) is 0 Å². The summed E-state index contributed by atoms with van der Waals surface area (Å²) < 4.78 is 16.2. The van der Waals surface area contributed by atoms with Crippen molar-refractivity contribution < 1.29 is 24.4 Å². The number of aliphatic hydroxyl groups is 2. The van der Waals surface area contributed by atoms with E-state index in [1.807, 2.05) is 0 Å². The largest absolute Gasteiger partial charge is 0.465 e. The third kappa shape index (κ3) is 9.04. The molecule has 2 unspecified atom stereocenters. The van der Waals surface area contributed by atoms with Crippen molar-refractivity contribution in [3.63, 3.8) is 0 Å². The van der Waals surface area contributed by atoms with Crippen LogP contribution in [0, 0.1) is 0 Å². The SMILES string of the molecule is OC(CCOCCC(O)Oc1ccc(N=C=S)cc1)Oc1ccc(N=C=S)cc1. The highest BCUT2D eigenvalue weighted by molar-refractivity contribution is 7.78. The molecule has 9 heteroatoms. The van der Waals surface area contributed by atoms with Crippen molar-refractivity contribution in [2.45, 2.75) is 25.4 Å². The lowest BCUT2D eigenvalue weighted by Crippen LogP contribution is -2.20. The van der Waals surface area contributed by atoms with Gasteiger partial charge < -0.3 is 24.4 Å². The Morgan fingerprint density at radius 3 is 1.45 bits per heavy atom. The lowest BCUT2D eigenvalue weighted by atomic mass is 10.3. The molecule has 152 valence electrons. The molecule has 0 radical (unpaired) electrons. The molecule has 2 atom stereocenters. The first kappa shape index (κ1) is 22.8. The highest BCUT2D eigenvalue weighted by Crippen LogP contribution is 2.20. The molecule has 0 aliphatic carbocycles. The number of benzene rings is 2. The zero-order valence-electron chi connectivity index (χ0n) is 15.4. The fourth-order valence-electron chi connectivity index (χ4n) is 2.21. The van der Waals surface area contributed by atoms with Crippen molar-refractivity contribution >= 4 is 46.1 Å². The van der Waals surface area contributed by atoms with E-state index in [1.54, 1.807) is 48.5 Å². The number of hydrogen-bond donors (Lipinski definition) is 2. The van der Waals surface area contributed by atoms with Crippen LogP contribution in [0.5, 0.6) is 11.5 Å². The van der Waals surface area contributed by atoms with Crippen molar-refractivity contribution in [3.8, 4) is 11.5 Å². The predicted octanol–water partition coefficient (Wildman–Crippen LogP) is 4.05. The molecule has 0 saturated heterocycles.